The van der Waals surface area contributed by atoms with E-state index in [0.717, 1.165) is 28.8 Å². The van der Waals surface area contributed by atoms with Gasteiger partial charge in [0.05, 0.1) is 18.2 Å². The molecule has 3 heteroatoms. The molecular formula is C15H19N2O+. The second-order valence-electron chi connectivity index (χ2n) is 5.02. The molecule has 0 saturated heterocycles. The number of hydrogen-bond donors (Lipinski definition) is 1. The van der Waals surface area contributed by atoms with Crippen LogP contribution in [0.3, 0.4) is 0 Å². The molecule has 0 aromatic heterocycles. The lowest BCUT2D eigenvalue weighted by molar-refractivity contribution is -0.843. The van der Waals surface area contributed by atoms with E-state index in [1.807, 2.05) is 52.1 Å². The summed E-state index contributed by atoms with van der Waals surface area (Å²) in [6, 6.07) is 8.17. The molecule has 1 atom stereocenters. The number of aryl methyl sites for hydroxylation is 1. The average Bonchev–Trinajstić information content (AvgIpc) is 2.51. The second-order valence-corrected chi connectivity index (χ2v) is 5.02. The predicted octanol–water partition coefficient (Wildman–Crippen LogP) is 2.53. The van der Waals surface area contributed by atoms with Gasteiger partial charge in [0.25, 0.3) is 0 Å². The largest absolute Gasteiger partial charge is 0.298 e. The number of rotatable bonds is 2. The summed E-state index contributed by atoms with van der Waals surface area (Å²) >= 11 is 0. The van der Waals surface area contributed by atoms with E-state index in [1.165, 1.54) is 5.56 Å². The third-order valence-corrected chi connectivity index (χ3v) is 3.87. The number of aldehydes is 1. The third kappa shape index (κ3) is 1.72. The van der Waals surface area contributed by atoms with Crippen molar-refractivity contribution in [3.05, 3.63) is 52.4 Å². The molecule has 1 aliphatic rings. The molecule has 18 heavy (non-hydrogen) atoms. The first-order valence-corrected chi connectivity index (χ1v) is 6.00. The van der Waals surface area contributed by atoms with Crippen molar-refractivity contribution in [2.75, 3.05) is 7.05 Å². The van der Waals surface area contributed by atoms with E-state index in [4.69, 9.17) is 5.84 Å². The summed E-state index contributed by atoms with van der Waals surface area (Å²) in [5, 5.41) is 0. The van der Waals surface area contributed by atoms with Crippen LogP contribution in [0.15, 0.2) is 41.2 Å². The summed E-state index contributed by atoms with van der Waals surface area (Å²) in [6.45, 7) is 5.94. The Balaban J connectivity index is 2.65. The molecule has 2 rings (SSSR count). The normalized spacial score (nSPS) is 23.8. The van der Waals surface area contributed by atoms with Crippen LogP contribution in [-0.4, -0.2) is 17.9 Å². The first-order valence-electron chi connectivity index (χ1n) is 6.00. The Morgan fingerprint density at radius 1 is 1.06 bits per heavy atom. The minimum atomic E-state index is 0.178. The van der Waals surface area contributed by atoms with E-state index in [9.17, 15) is 4.79 Å². The molecule has 0 saturated carbocycles. The van der Waals surface area contributed by atoms with E-state index >= 15 is 0 Å². The smallest absolute Gasteiger partial charge is 0.156 e. The third-order valence-electron chi connectivity index (χ3n) is 3.87. The van der Waals surface area contributed by atoms with E-state index in [0.29, 0.717) is 5.57 Å². The predicted molar refractivity (Wildman–Crippen MR) is 72.9 cm³/mol. The highest BCUT2D eigenvalue weighted by Gasteiger charge is 2.38. The Morgan fingerprint density at radius 2 is 1.61 bits per heavy atom. The van der Waals surface area contributed by atoms with Gasteiger partial charge in [-0.15, -0.1) is 0 Å². The van der Waals surface area contributed by atoms with Gasteiger partial charge in [-0.05, 0) is 12.5 Å². The van der Waals surface area contributed by atoms with Crippen LogP contribution in [-0.2, 0) is 4.79 Å². The Bertz CT molecular complexity index is 563. The number of carbonyl (C=O) groups excluding carboxylic acids is 1. The molecular weight excluding hydrogens is 224 g/mol. The first kappa shape index (κ1) is 12.7. The summed E-state index contributed by atoms with van der Waals surface area (Å²) in [5.41, 5.74) is 5.81. The number of allylic oxidation sites excluding steroid dienone is 4. The van der Waals surface area contributed by atoms with Gasteiger partial charge in [0.2, 0.25) is 0 Å². The van der Waals surface area contributed by atoms with Crippen molar-refractivity contribution < 1.29 is 9.39 Å². The molecule has 0 spiro atoms. The molecule has 94 valence electrons. The fourth-order valence-electron chi connectivity index (χ4n) is 2.34. The fourth-order valence-corrected chi connectivity index (χ4v) is 2.34. The molecule has 0 fully saturated rings. The van der Waals surface area contributed by atoms with Crippen molar-refractivity contribution in [2.45, 2.75) is 20.8 Å². The average molecular weight is 243 g/mol. The van der Waals surface area contributed by atoms with Crippen molar-refractivity contribution >= 4 is 11.9 Å². The maximum absolute atomic E-state index is 11.3. The minimum Gasteiger partial charge on any atom is -0.298 e. The van der Waals surface area contributed by atoms with Gasteiger partial charge in [0.15, 0.2) is 6.29 Å². The standard InChI is InChI=1S/C15H19N2O/c1-10-5-7-13(8-6-10)15-12(3)17(4,16)11(2)14(15)9-18/h5-9H,16H2,1-4H3/q+1. The van der Waals surface area contributed by atoms with E-state index < -0.39 is 0 Å². The molecule has 1 aromatic rings. The monoisotopic (exact) mass is 243 g/mol. The number of benzene rings is 1. The second kappa shape index (κ2) is 4.19. The highest BCUT2D eigenvalue weighted by atomic mass is 16.1. The van der Waals surface area contributed by atoms with Gasteiger partial charge in [0.1, 0.15) is 11.4 Å². The summed E-state index contributed by atoms with van der Waals surface area (Å²) in [5.74, 6) is 6.25. The Hall–Kier alpha value is -1.71. The molecule has 0 radical (unpaired) electrons. The van der Waals surface area contributed by atoms with E-state index in [1.54, 1.807) is 0 Å². The maximum Gasteiger partial charge on any atom is 0.156 e. The highest BCUT2D eigenvalue weighted by molar-refractivity contribution is 6.01. The van der Waals surface area contributed by atoms with E-state index in [2.05, 4.69) is 0 Å². The zero-order valence-corrected chi connectivity index (χ0v) is 11.3. The Kier molecular flexibility index (Phi) is 2.97. The van der Waals surface area contributed by atoms with Crippen LogP contribution in [0.5, 0.6) is 0 Å². The molecule has 1 heterocycles. The van der Waals surface area contributed by atoms with Gasteiger partial charge in [-0.1, -0.05) is 29.8 Å². The zero-order valence-electron chi connectivity index (χ0n) is 11.3. The molecule has 2 N–H and O–H groups in total. The van der Waals surface area contributed by atoms with Crippen molar-refractivity contribution in [2.24, 2.45) is 5.84 Å². The minimum absolute atomic E-state index is 0.178. The highest BCUT2D eigenvalue weighted by Crippen LogP contribution is 2.39. The molecule has 1 unspecified atom stereocenters. The topological polar surface area (TPSA) is 43.1 Å². The molecule has 1 aromatic carbocycles. The van der Waals surface area contributed by atoms with Crippen LogP contribution < -0.4 is 5.84 Å². The van der Waals surface area contributed by atoms with Gasteiger partial charge in [0, 0.05) is 13.8 Å². The summed E-state index contributed by atoms with van der Waals surface area (Å²) in [4.78, 5) is 11.3. The van der Waals surface area contributed by atoms with Gasteiger partial charge in [-0.2, -0.15) is 10.4 Å². The molecule has 0 aliphatic carbocycles. The summed E-state index contributed by atoms with van der Waals surface area (Å²) in [6.07, 6.45) is 0.907. The number of nitrogens with zero attached hydrogens (tertiary/aromatic N) is 1. The number of quaternary nitrogens is 1. The van der Waals surface area contributed by atoms with Crippen LogP contribution in [0.4, 0.5) is 0 Å². The molecule has 1 aliphatic heterocycles. The molecule has 0 amide bonds. The number of hydrogen-bond acceptors (Lipinski definition) is 2. The van der Waals surface area contributed by atoms with Crippen LogP contribution in [0, 0.1) is 6.92 Å². The van der Waals surface area contributed by atoms with Gasteiger partial charge in [-0.3, -0.25) is 4.79 Å². The van der Waals surface area contributed by atoms with E-state index in [-0.39, 0.29) is 4.59 Å². The van der Waals surface area contributed by atoms with Crippen molar-refractivity contribution in [3.8, 4) is 0 Å². The SMILES string of the molecule is CC1=C(C=O)C(c2ccc(C)cc2)=C(C)[N+]1(C)N. The lowest BCUT2D eigenvalue weighted by atomic mass is 9.97. The maximum atomic E-state index is 11.3. The van der Waals surface area contributed by atoms with Gasteiger partial charge in [-0.25, -0.2) is 0 Å². The fraction of sp³-hybridized carbons (Fsp3) is 0.267. The Morgan fingerprint density at radius 3 is 2.11 bits per heavy atom. The van der Waals surface area contributed by atoms with Gasteiger partial charge < -0.3 is 0 Å². The number of nitrogens with two attached hydrogens (primary N) is 1. The lowest BCUT2D eigenvalue weighted by Crippen LogP contribution is -2.45. The lowest BCUT2D eigenvalue weighted by Gasteiger charge is -2.24. The summed E-state index contributed by atoms with van der Waals surface area (Å²) < 4.78 is 0.178. The molecule has 0 bridgehead atoms. The van der Waals surface area contributed by atoms with Crippen LogP contribution >= 0.6 is 0 Å². The van der Waals surface area contributed by atoms with Crippen molar-refractivity contribution in [3.63, 3.8) is 0 Å². The van der Waals surface area contributed by atoms with Crippen LogP contribution in [0.1, 0.15) is 25.0 Å². The first-order chi connectivity index (χ1) is 8.39. The molecule has 3 nitrogen and oxygen atoms in total. The summed E-state index contributed by atoms with van der Waals surface area (Å²) in [7, 11) is 1.90. The van der Waals surface area contributed by atoms with Crippen molar-refractivity contribution in [1.82, 2.24) is 0 Å². The Labute approximate surface area is 108 Å². The van der Waals surface area contributed by atoms with Gasteiger partial charge >= 0.3 is 0 Å². The quantitative estimate of drug-likeness (QED) is 0.493. The van der Waals surface area contributed by atoms with Crippen LogP contribution in [0.2, 0.25) is 0 Å². The van der Waals surface area contributed by atoms with Crippen molar-refractivity contribution in [1.29, 1.82) is 0 Å². The zero-order chi connectivity index (χ0) is 13.5. The number of carbonyl (C=O) groups is 1. The van der Waals surface area contributed by atoms with Crippen LogP contribution in [0.25, 0.3) is 5.57 Å².